The SMILES string of the molecule is Cc1ccc(C(=O)Nc2nccnc2C(=O)NCC2CCCCC2)cc1. The second-order valence-electron chi connectivity index (χ2n) is 6.79. The number of benzene rings is 1. The Bertz CT molecular complexity index is 768. The van der Waals surface area contributed by atoms with E-state index < -0.39 is 0 Å². The van der Waals surface area contributed by atoms with Crippen LogP contribution < -0.4 is 10.6 Å². The summed E-state index contributed by atoms with van der Waals surface area (Å²) in [5, 5.41) is 5.63. The Morgan fingerprint density at radius 3 is 2.42 bits per heavy atom. The zero-order chi connectivity index (χ0) is 18.4. The highest BCUT2D eigenvalue weighted by Gasteiger charge is 2.19. The van der Waals surface area contributed by atoms with E-state index in [2.05, 4.69) is 20.6 Å². The van der Waals surface area contributed by atoms with Crippen molar-refractivity contribution in [3.05, 3.63) is 53.5 Å². The Hall–Kier alpha value is -2.76. The second-order valence-corrected chi connectivity index (χ2v) is 6.79. The van der Waals surface area contributed by atoms with Crippen LogP contribution in [0.1, 0.15) is 58.5 Å². The summed E-state index contributed by atoms with van der Waals surface area (Å²) in [5.41, 5.74) is 1.72. The summed E-state index contributed by atoms with van der Waals surface area (Å²) in [6, 6.07) is 7.21. The van der Waals surface area contributed by atoms with Crippen LogP contribution in [0.25, 0.3) is 0 Å². The number of hydrogen-bond donors (Lipinski definition) is 2. The lowest BCUT2D eigenvalue weighted by Crippen LogP contribution is -2.32. The molecule has 1 heterocycles. The Morgan fingerprint density at radius 2 is 1.69 bits per heavy atom. The maximum atomic E-state index is 12.5. The standard InChI is InChI=1S/C20H24N4O2/c1-14-7-9-16(10-8-14)19(25)24-18-17(21-11-12-22-18)20(26)23-13-15-5-3-2-4-6-15/h7-12,15H,2-6,13H2,1H3,(H,23,26)(H,22,24,25). The predicted molar refractivity (Wildman–Crippen MR) is 100 cm³/mol. The molecule has 0 radical (unpaired) electrons. The van der Waals surface area contributed by atoms with Crippen LogP contribution in [0.15, 0.2) is 36.7 Å². The molecule has 136 valence electrons. The molecular formula is C20H24N4O2. The van der Waals surface area contributed by atoms with Gasteiger partial charge in [-0.05, 0) is 37.8 Å². The Balaban J connectivity index is 1.66. The lowest BCUT2D eigenvalue weighted by molar-refractivity contribution is 0.0939. The molecule has 0 bridgehead atoms. The van der Waals surface area contributed by atoms with Crippen molar-refractivity contribution in [2.45, 2.75) is 39.0 Å². The van der Waals surface area contributed by atoms with Crippen LogP contribution >= 0.6 is 0 Å². The molecule has 0 atom stereocenters. The molecule has 2 N–H and O–H groups in total. The quantitative estimate of drug-likeness (QED) is 0.864. The number of nitrogens with one attached hydrogen (secondary N) is 2. The van der Waals surface area contributed by atoms with Crippen molar-refractivity contribution in [2.24, 2.45) is 5.92 Å². The van der Waals surface area contributed by atoms with E-state index in [-0.39, 0.29) is 23.3 Å². The first-order valence-corrected chi connectivity index (χ1v) is 9.10. The minimum atomic E-state index is -0.313. The van der Waals surface area contributed by atoms with Gasteiger partial charge in [-0.1, -0.05) is 37.0 Å². The maximum absolute atomic E-state index is 12.5. The molecule has 1 saturated carbocycles. The number of carbonyl (C=O) groups excluding carboxylic acids is 2. The van der Waals surface area contributed by atoms with Crippen LogP contribution in [-0.4, -0.2) is 28.3 Å². The first kappa shape index (κ1) is 18.0. The van der Waals surface area contributed by atoms with E-state index in [4.69, 9.17) is 0 Å². The summed E-state index contributed by atoms with van der Waals surface area (Å²) in [7, 11) is 0. The van der Waals surface area contributed by atoms with Gasteiger partial charge in [-0.25, -0.2) is 9.97 Å². The summed E-state index contributed by atoms with van der Waals surface area (Å²) in [4.78, 5) is 33.1. The van der Waals surface area contributed by atoms with Crippen LogP contribution in [-0.2, 0) is 0 Å². The molecule has 0 aliphatic heterocycles. The van der Waals surface area contributed by atoms with Crippen molar-refractivity contribution in [3.63, 3.8) is 0 Å². The molecule has 3 rings (SSSR count). The van der Waals surface area contributed by atoms with E-state index in [1.54, 1.807) is 12.1 Å². The maximum Gasteiger partial charge on any atom is 0.273 e. The van der Waals surface area contributed by atoms with Gasteiger partial charge in [-0.3, -0.25) is 9.59 Å². The summed E-state index contributed by atoms with van der Waals surface area (Å²) in [6.45, 7) is 2.60. The molecule has 1 aromatic heterocycles. The number of nitrogens with zero attached hydrogens (tertiary/aromatic N) is 2. The molecule has 1 aromatic carbocycles. The number of hydrogen-bond acceptors (Lipinski definition) is 4. The smallest absolute Gasteiger partial charge is 0.273 e. The van der Waals surface area contributed by atoms with Crippen molar-refractivity contribution in [3.8, 4) is 0 Å². The number of aromatic nitrogens is 2. The Kier molecular flexibility index (Phi) is 5.94. The fourth-order valence-electron chi connectivity index (χ4n) is 3.19. The van der Waals surface area contributed by atoms with Crippen LogP contribution in [0, 0.1) is 12.8 Å². The number of aryl methyl sites for hydroxylation is 1. The largest absolute Gasteiger partial charge is 0.350 e. The fourth-order valence-corrected chi connectivity index (χ4v) is 3.19. The van der Waals surface area contributed by atoms with Crippen molar-refractivity contribution >= 4 is 17.6 Å². The third-order valence-corrected chi connectivity index (χ3v) is 4.74. The molecule has 1 fully saturated rings. The number of carbonyl (C=O) groups is 2. The van der Waals surface area contributed by atoms with Gasteiger partial charge in [0.25, 0.3) is 11.8 Å². The highest BCUT2D eigenvalue weighted by Crippen LogP contribution is 2.23. The molecule has 1 aliphatic carbocycles. The predicted octanol–water partition coefficient (Wildman–Crippen LogP) is 3.35. The summed E-state index contributed by atoms with van der Waals surface area (Å²) in [6.07, 6.45) is 8.95. The van der Waals surface area contributed by atoms with E-state index >= 15 is 0 Å². The molecule has 0 unspecified atom stereocenters. The van der Waals surface area contributed by atoms with Gasteiger partial charge >= 0.3 is 0 Å². The van der Waals surface area contributed by atoms with Gasteiger partial charge in [-0.15, -0.1) is 0 Å². The average Bonchev–Trinajstić information content (AvgIpc) is 2.68. The van der Waals surface area contributed by atoms with Gasteiger partial charge < -0.3 is 10.6 Å². The minimum absolute atomic E-state index is 0.142. The molecule has 26 heavy (non-hydrogen) atoms. The molecule has 0 spiro atoms. The van der Waals surface area contributed by atoms with Crippen LogP contribution in [0.5, 0.6) is 0 Å². The van der Waals surface area contributed by atoms with Crippen molar-refractivity contribution < 1.29 is 9.59 Å². The molecular weight excluding hydrogens is 328 g/mol. The number of amides is 2. The number of anilines is 1. The zero-order valence-electron chi connectivity index (χ0n) is 15.0. The molecule has 0 saturated heterocycles. The van der Waals surface area contributed by atoms with Gasteiger partial charge in [0.2, 0.25) is 0 Å². The third kappa shape index (κ3) is 4.65. The van der Waals surface area contributed by atoms with Gasteiger partial charge in [0.15, 0.2) is 11.5 Å². The lowest BCUT2D eigenvalue weighted by Gasteiger charge is -2.21. The molecule has 1 aliphatic rings. The fraction of sp³-hybridized carbons (Fsp3) is 0.400. The lowest BCUT2D eigenvalue weighted by atomic mass is 9.89. The third-order valence-electron chi connectivity index (χ3n) is 4.74. The average molecular weight is 352 g/mol. The van der Waals surface area contributed by atoms with Crippen LogP contribution in [0.2, 0.25) is 0 Å². The number of rotatable bonds is 5. The van der Waals surface area contributed by atoms with Gasteiger partial charge in [0.05, 0.1) is 0 Å². The molecule has 2 aromatic rings. The highest BCUT2D eigenvalue weighted by molar-refractivity contribution is 6.07. The highest BCUT2D eigenvalue weighted by atomic mass is 16.2. The van der Waals surface area contributed by atoms with E-state index in [0.29, 0.717) is 18.0 Å². The van der Waals surface area contributed by atoms with Crippen LogP contribution in [0.3, 0.4) is 0 Å². The minimum Gasteiger partial charge on any atom is -0.350 e. The monoisotopic (exact) mass is 352 g/mol. The molecule has 2 amide bonds. The normalized spacial score (nSPS) is 14.7. The van der Waals surface area contributed by atoms with Crippen molar-refractivity contribution in [2.75, 3.05) is 11.9 Å². The van der Waals surface area contributed by atoms with E-state index in [0.717, 1.165) is 18.4 Å². The van der Waals surface area contributed by atoms with E-state index in [1.165, 1.54) is 31.7 Å². The topological polar surface area (TPSA) is 84.0 Å². The first-order valence-electron chi connectivity index (χ1n) is 9.10. The summed E-state index contributed by atoms with van der Waals surface area (Å²) < 4.78 is 0. The van der Waals surface area contributed by atoms with Crippen LogP contribution in [0.4, 0.5) is 5.82 Å². The Labute approximate surface area is 153 Å². The molecule has 6 heteroatoms. The van der Waals surface area contributed by atoms with E-state index in [1.807, 2.05) is 19.1 Å². The van der Waals surface area contributed by atoms with Gasteiger partial charge in [0.1, 0.15) is 0 Å². The summed E-state index contributed by atoms with van der Waals surface area (Å²) in [5.74, 6) is 0.0869. The molecule has 6 nitrogen and oxygen atoms in total. The van der Waals surface area contributed by atoms with Crippen molar-refractivity contribution in [1.29, 1.82) is 0 Å². The van der Waals surface area contributed by atoms with E-state index in [9.17, 15) is 9.59 Å². The second kappa shape index (κ2) is 8.56. The summed E-state index contributed by atoms with van der Waals surface area (Å²) >= 11 is 0. The van der Waals surface area contributed by atoms with Crippen molar-refractivity contribution in [1.82, 2.24) is 15.3 Å². The first-order chi connectivity index (χ1) is 12.6. The van der Waals surface area contributed by atoms with Gasteiger partial charge in [-0.2, -0.15) is 0 Å². The Morgan fingerprint density at radius 1 is 1.00 bits per heavy atom. The van der Waals surface area contributed by atoms with Gasteiger partial charge in [0, 0.05) is 24.5 Å². The zero-order valence-corrected chi connectivity index (χ0v) is 15.0.